The zero-order valence-electron chi connectivity index (χ0n) is 17.6. The first kappa shape index (κ1) is 21.2. The standard InChI is InChI=1S/C22H23FN8O/c1-12(2)8-18(19-11-26-31-30-19)28-22-16(23)10-15(20(24)32)21(29-22)27-14-5-6-17-13(9-14)4-3-7-25-17/h3-7,9-12,18H,8H2,1-2H3,(H2,24,32)(H,26,30,31)(H2,27,28,29)/t18-/m1/s1. The molecule has 0 fully saturated rings. The number of nitrogens with two attached hydrogens (primary N) is 1. The number of hydrogen-bond acceptors (Lipinski definition) is 7. The van der Waals surface area contributed by atoms with Crippen LogP contribution in [0.4, 0.5) is 21.7 Å². The number of benzene rings is 1. The summed E-state index contributed by atoms with van der Waals surface area (Å²) in [6.45, 7) is 4.10. The van der Waals surface area contributed by atoms with Gasteiger partial charge in [0, 0.05) is 17.3 Å². The number of hydrogen-bond donors (Lipinski definition) is 4. The molecular formula is C22H23FN8O. The molecule has 0 bridgehead atoms. The van der Waals surface area contributed by atoms with Gasteiger partial charge in [-0.05, 0) is 42.7 Å². The van der Waals surface area contributed by atoms with Gasteiger partial charge < -0.3 is 16.4 Å². The Morgan fingerprint density at radius 3 is 2.78 bits per heavy atom. The first-order chi connectivity index (χ1) is 15.4. The second-order valence-electron chi connectivity index (χ2n) is 7.84. The molecule has 0 radical (unpaired) electrons. The summed E-state index contributed by atoms with van der Waals surface area (Å²) in [7, 11) is 0. The lowest BCUT2D eigenvalue weighted by atomic mass is 10.0. The van der Waals surface area contributed by atoms with Crippen molar-refractivity contribution in [1.82, 2.24) is 25.4 Å². The maximum Gasteiger partial charge on any atom is 0.252 e. The van der Waals surface area contributed by atoms with Crippen LogP contribution in [-0.4, -0.2) is 31.3 Å². The molecule has 3 aromatic heterocycles. The normalized spacial score (nSPS) is 12.1. The average Bonchev–Trinajstić information content (AvgIpc) is 3.29. The number of amides is 1. The molecule has 1 atom stereocenters. The van der Waals surface area contributed by atoms with Gasteiger partial charge in [0.25, 0.3) is 5.91 Å². The van der Waals surface area contributed by atoms with E-state index in [0.717, 1.165) is 17.0 Å². The highest BCUT2D eigenvalue weighted by atomic mass is 19.1. The topological polar surface area (TPSA) is 134 Å². The molecule has 10 heteroatoms. The summed E-state index contributed by atoms with van der Waals surface area (Å²) in [6, 6.07) is 10.0. The second-order valence-corrected chi connectivity index (χ2v) is 7.84. The van der Waals surface area contributed by atoms with E-state index in [4.69, 9.17) is 5.73 Å². The lowest BCUT2D eigenvalue weighted by Gasteiger charge is -2.20. The van der Waals surface area contributed by atoms with Gasteiger partial charge in [0.15, 0.2) is 11.6 Å². The summed E-state index contributed by atoms with van der Waals surface area (Å²) >= 11 is 0. The predicted octanol–water partition coefficient (Wildman–Crippen LogP) is 3.93. The van der Waals surface area contributed by atoms with Crippen molar-refractivity contribution in [3.05, 3.63) is 65.9 Å². The van der Waals surface area contributed by atoms with E-state index < -0.39 is 11.7 Å². The van der Waals surface area contributed by atoms with Crippen LogP contribution in [0, 0.1) is 11.7 Å². The van der Waals surface area contributed by atoms with Crippen molar-refractivity contribution < 1.29 is 9.18 Å². The minimum absolute atomic E-state index is 0.0198. The molecule has 164 valence electrons. The monoisotopic (exact) mass is 434 g/mol. The molecule has 5 N–H and O–H groups in total. The van der Waals surface area contributed by atoms with Crippen LogP contribution < -0.4 is 16.4 Å². The van der Waals surface area contributed by atoms with Crippen molar-refractivity contribution in [1.29, 1.82) is 0 Å². The Morgan fingerprint density at radius 2 is 2.06 bits per heavy atom. The molecule has 3 heterocycles. The third-order valence-corrected chi connectivity index (χ3v) is 4.92. The summed E-state index contributed by atoms with van der Waals surface area (Å²) in [5, 5.41) is 17.6. The number of H-pyrrole nitrogens is 1. The van der Waals surface area contributed by atoms with Gasteiger partial charge in [-0.3, -0.25) is 9.78 Å². The van der Waals surface area contributed by atoms with E-state index in [2.05, 4.69) is 49.9 Å². The van der Waals surface area contributed by atoms with Crippen molar-refractivity contribution in [3.8, 4) is 0 Å². The van der Waals surface area contributed by atoms with Gasteiger partial charge in [-0.2, -0.15) is 15.4 Å². The van der Waals surface area contributed by atoms with E-state index in [0.29, 0.717) is 23.7 Å². The summed E-state index contributed by atoms with van der Waals surface area (Å²) in [5.41, 5.74) is 7.55. The Hall–Kier alpha value is -4.08. The number of aromatic amines is 1. The number of nitrogens with one attached hydrogen (secondary N) is 3. The summed E-state index contributed by atoms with van der Waals surface area (Å²) in [5.74, 6) is -1.05. The summed E-state index contributed by atoms with van der Waals surface area (Å²) in [4.78, 5) is 20.6. The number of nitrogens with zero attached hydrogens (tertiary/aromatic N) is 4. The SMILES string of the molecule is CC(C)C[C@@H](Nc1nc(Nc2ccc3ncccc3c2)c(C(N)=O)cc1F)c1cn[nH]n1. The Labute approximate surface area is 183 Å². The van der Waals surface area contributed by atoms with Crippen LogP contribution in [0.2, 0.25) is 0 Å². The highest BCUT2D eigenvalue weighted by molar-refractivity contribution is 5.99. The maximum absolute atomic E-state index is 14.9. The number of primary amides is 1. The Morgan fingerprint density at radius 1 is 1.22 bits per heavy atom. The molecule has 4 rings (SSSR count). The van der Waals surface area contributed by atoms with Crippen LogP contribution in [-0.2, 0) is 0 Å². The van der Waals surface area contributed by atoms with Crippen molar-refractivity contribution in [2.24, 2.45) is 11.7 Å². The quantitative estimate of drug-likeness (QED) is 0.330. The molecule has 1 aromatic carbocycles. The van der Waals surface area contributed by atoms with Gasteiger partial charge in [-0.25, -0.2) is 9.37 Å². The fraction of sp³-hybridized carbons (Fsp3) is 0.227. The van der Waals surface area contributed by atoms with Gasteiger partial charge in [-0.15, -0.1) is 0 Å². The zero-order chi connectivity index (χ0) is 22.7. The molecule has 32 heavy (non-hydrogen) atoms. The van der Waals surface area contributed by atoms with Gasteiger partial charge in [0.05, 0.1) is 23.3 Å². The predicted molar refractivity (Wildman–Crippen MR) is 120 cm³/mol. The molecule has 0 saturated carbocycles. The van der Waals surface area contributed by atoms with E-state index in [9.17, 15) is 9.18 Å². The Bertz CT molecular complexity index is 1240. The lowest BCUT2D eigenvalue weighted by molar-refractivity contribution is 0.100. The molecular weight excluding hydrogens is 411 g/mol. The van der Waals surface area contributed by atoms with Crippen LogP contribution in [0.1, 0.15) is 42.4 Å². The fourth-order valence-corrected chi connectivity index (χ4v) is 3.43. The lowest BCUT2D eigenvalue weighted by Crippen LogP contribution is -2.19. The second kappa shape index (κ2) is 8.96. The number of rotatable bonds is 8. The summed E-state index contributed by atoms with van der Waals surface area (Å²) < 4.78 is 14.9. The maximum atomic E-state index is 14.9. The minimum Gasteiger partial charge on any atom is -0.365 e. The smallest absolute Gasteiger partial charge is 0.252 e. The molecule has 1 amide bonds. The fourth-order valence-electron chi connectivity index (χ4n) is 3.43. The first-order valence-corrected chi connectivity index (χ1v) is 10.1. The highest BCUT2D eigenvalue weighted by Crippen LogP contribution is 2.29. The number of aromatic nitrogens is 5. The van der Waals surface area contributed by atoms with Gasteiger partial charge in [-0.1, -0.05) is 19.9 Å². The molecule has 0 aliphatic rings. The number of pyridine rings is 2. The molecule has 0 spiro atoms. The molecule has 0 aliphatic carbocycles. The Balaban J connectivity index is 1.69. The van der Waals surface area contributed by atoms with E-state index in [1.807, 2.05) is 24.3 Å². The zero-order valence-corrected chi connectivity index (χ0v) is 17.6. The molecule has 0 saturated heterocycles. The van der Waals surface area contributed by atoms with Gasteiger partial charge in [0.2, 0.25) is 0 Å². The molecule has 4 aromatic rings. The molecule has 0 unspecified atom stereocenters. The van der Waals surface area contributed by atoms with Crippen LogP contribution in [0.25, 0.3) is 10.9 Å². The van der Waals surface area contributed by atoms with Crippen LogP contribution in [0.3, 0.4) is 0 Å². The average molecular weight is 434 g/mol. The van der Waals surface area contributed by atoms with Crippen molar-refractivity contribution >= 4 is 34.1 Å². The summed E-state index contributed by atoms with van der Waals surface area (Å²) in [6.07, 6.45) is 3.96. The third-order valence-electron chi connectivity index (χ3n) is 4.92. The first-order valence-electron chi connectivity index (χ1n) is 10.1. The van der Waals surface area contributed by atoms with E-state index in [1.165, 1.54) is 0 Å². The highest BCUT2D eigenvalue weighted by Gasteiger charge is 2.21. The van der Waals surface area contributed by atoms with E-state index in [1.54, 1.807) is 18.5 Å². The number of carbonyl (C=O) groups excluding carboxylic acids is 1. The van der Waals surface area contributed by atoms with Crippen molar-refractivity contribution in [3.63, 3.8) is 0 Å². The van der Waals surface area contributed by atoms with E-state index in [-0.39, 0.29) is 23.2 Å². The molecule has 0 aliphatic heterocycles. The van der Waals surface area contributed by atoms with Crippen molar-refractivity contribution in [2.75, 3.05) is 10.6 Å². The van der Waals surface area contributed by atoms with Gasteiger partial charge >= 0.3 is 0 Å². The number of anilines is 3. The third kappa shape index (κ3) is 4.64. The van der Waals surface area contributed by atoms with Crippen LogP contribution in [0.5, 0.6) is 0 Å². The largest absolute Gasteiger partial charge is 0.365 e. The van der Waals surface area contributed by atoms with Crippen LogP contribution in [0.15, 0.2) is 48.8 Å². The van der Waals surface area contributed by atoms with E-state index >= 15 is 0 Å². The van der Waals surface area contributed by atoms with Crippen LogP contribution >= 0.6 is 0 Å². The minimum atomic E-state index is -0.789. The van der Waals surface area contributed by atoms with Gasteiger partial charge in [0.1, 0.15) is 11.5 Å². The number of halogens is 1. The Kier molecular flexibility index (Phi) is 5.93. The number of carbonyl (C=O) groups is 1. The van der Waals surface area contributed by atoms with Crippen molar-refractivity contribution in [2.45, 2.75) is 26.3 Å². The molecule has 9 nitrogen and oxygen atoms in total. The number of fused-ring (bicyclic) bond motifs is 1.